The van der Waals surface area contributed by atoms with E-state index in [4.69, 9.17) is 9.57 Å². The van der Waals surface area contributed by atoms with Crippen molar-refractivity contribution in [2.45, 2.75) is 51.0 Å². The summed E-state index contributed by atoms with van der Waals surface area (Å²) in [6.07, 6.45) is 14.8. The van der Waals surface area contributed by atoms with Crippen LogP contribution < -0.4 is 10.8 Å². The Hall–Kier alpha value is -2.88. The summed E-state index contributed by atoms with van der Waals surface area (Å²) >= 11 is 0. The molecular weight excluding hydrogens is 408 g/mol. The molecule has 2 aliphatic rings. The van der Waals surface area contributed by atoms with Crippen molar-refractivity contribution in [1.29, 1.82) is 0 Å². The number of hydrogen-bond donors (Lipinski definition) is 2. The molecule has 9 nitrogen and oxygen atoms in total. The number of amides is 1. The predicted molar refractivity (Wildman–Crippen MR) is 120 cm³/mol. The van der Waals surface area contributed by atoms with Crippen LogP contribution in [-0.4, -0.2) is 57.8 Å². The molecule has 0 bridgehead atoms. The van der Waals surface area contributed by atoms with E-state index in [1.165, 1.54) is 11.6 Å². The SMILES string of the molecule is O=C(C=Cc1cnc(N[C@@H]2CCCN(Cc3cccnc3)C2)cn1)NOC1CCCCO1. The number of piperidine rings is 1. The lowest BCUT2D eigenvalue weighted by molar-refractivity contribution is -0.198. The van der Waals surface area contributed by atoms with Crippen LogP contribution in [0.1, 0.15) is 43.4 Å². The summed E-state index contributed by atoms with van der Waals surface area (Å²) < 4.78 is 5.41. The number of anilines is 1. The van der Waals surface area contributed by atoms with Crippen LogP contribution >= 0.6 is 0 Å². The molecule has 1 unspecified atom stereocenters. The third kappa shape index (κ3) is 7.08. The standard InChI is InChI=1S/C23H30N6O3/c30-22(28-32-23-7-1-2-12-31-23)9-8-19-14-26-21(15-25-19)27-20-6-4-11-29(17-20)16-18-5-3-10-24-13-18/h3,5,8-10,13-15,20,23H,1-2,4,6-7,11-12,16-17H2,(H,26,27)(H,28,30)/t20-,23?/m1/s1. The Bertz CT molecular complexity index is 871. The van der Waals surface area contributed by atoms with Crippen molar-refractivity contribution < 1.29 is 14.4 Å². The highest BCUT2D eigenvalue weighted by Gasteiger charge is 2.20. The zero-order valence-corrected chi connectivity index (χ0v) is 18.2. The van der Waals surface area contributed by atoms with Gasteiger partial charge in [-0.2, -0.15) is 0 Å². The highest BCUT2D eigenvalue weighted by molar-refractivity contribution is 5.90. The van der Waals surface area contributed by atoms with Crippen molar-refractivity contribution in [3.63, 3.8) is 0 Å². The summed E-state index contributed by atoms with van der Waals surface area (Å²) in [4.78, 5) is 32.6. The number of likely N-dealkylation sites (tertiary alicyclic amines) is 1. The van der Waals surface area contributed by atoms with E-state index >= 15 is 0 Å². The normalized spacial score (nSPS) is 22.0. The third-order valence-corrected chi connectivity index (χ3v) is 5.49. The Balaban J connectivity index is 1.21. The van der Waals surface area contributed by atoms with Gasteiger partial charge in [-0.05, 0) is 49.9 Å². The van der Waals surface area contributed by atoms with E-state index in [1.54, 1.807) is 24.7 Å². The van der Waals surface area contributed by atoms with Crippen molar-refractivity contribution in [2.24, 2.45) is 0 Å². The van der Waals surface area contributed by atoms with Gasteiger partial charge < -0.3 is 10.1 Å². The lowest BCUT2D eigenvalue weighted by Gasteiger charge is -2.33. The summed E-state index contributed by atoms with van der Waals surface area (Å²) in [5.74, 6) is 0.372. The van der Waals surface area contributed by atoms with E-state index in [0.29, 0.717) is 18.3 Å². The minimum Gasteiger partial charge on any atom is -0.365 e. The molecule has 4 heterocycles. The molecule has 2 aromatic rings. The largest absolute Gasteiger partial charge is 0.365 e. The van der Waals surface area contributed by atoms with Gasteiger partial charge in [0.1, 0.15) is 5.82 Å². The van der Waals surface area contributed by atoms with E-state index in [0.717, 1.165) is 57.6 Å². The lowest BCUT2D eigenvalue weighted by atomic mass is 10.1. The molecule has 9 heteroatoms. The highest BCUT2D eigenvalue weighted by atomic mass is 16.8. The third-order valence-electron chi connectivity index (χ3n) is 5.49. The molecule has 0 aromatic carbocycles. The minimum atomic E-state index is -0.369. The first kappa shape index (κ1) is 22.3. The molecule has 0 radical (unpaired) electrons. The second kappa shape index (κ2) is 11.7. The molecule has 2 saturated heterocycles. The average molecular weight is 439 g/mol. The maximum absolute atomic E-state index is 11.9. The Kier molecular flexibility index (Phi) is 8.13. The number of rotatable bonds is 8. The number of hydrogen-bond acceptors (Lipinski definition) is 8. The highest BCUT2D eigenvalue weighted by Crippen LogP contribution is 2.17. The monoisotopic (exact) mass is 438 g/mol. The molecule has 0 aliphatic carbocycles. The molecule has 2 N–H and O–H groups in total. The van der Waals surface area contributed by atoms with Crippen LogP contribution in [-0.2, 0) is 20.9 Å². The van der Waals surface area contributed by atoms with Crippen LogP contribution in [0, 0.1) is 0 Å². The molecule has 170 valence electrons. The molecule has 4 rings (SSSR count). The number of nitrogens with zero attached hydrogens (tertiary/aromatic N) is 4. The van der Waals surface area contributed by atoms with Crippen molar-refractivity contribution in [3.05, 3.63) is 54.3 Å². The van der Waals surface area contributed by atoms with Gasteiger partial charge in [0, 0.05) is 50.6 Å². The number of pyridine rings is 1. The first-order valence-corrected chi connectivity index (χ1v) is 11.2. The van der Waals surface area contributed by atoms with Crippen molar-refractivity contribution >= 4 is 17.8 Å². The van der Waals surface area contributed by atoms with Crippen LogP contribution in [0.25, 0.3) is 6.08 Å². The van der Waals surface area contributed by atoms with Gasteiger partial charge in [0.25, 0.3) is 5.91 Å². The molecule has 2 aliphatic heterocycles. The average Bonchev–Trinajstić information content (AvgIpc) is 2.84. The van der Waals surface area contributed by atoms with Gasteiger partial charge in [0.15, 0.2) is 6.29 Å². The zero-order chi connectivity index (χ0) is 22.0. The molecule has 32 heavy (non-hydrogen) atoms. The Morgan fingerprint density at radius 2 is 2.19 bits per heavy atom. The van der Waals surface area contributed by atoms with E-state index < -0.39 is 0 Å². The summed E-state index contributed by atoms with van der Waals surface area (Å²) in [5, 5.41) is 3.48. The second-order valence-electron chi connectivity index (χ2n) is 8.12. The van der Waals surface area contributed by atoms with Crippen molar-refractivity contribution in [1.82, 2.24) is 25.3 Å². The first-order valence-electron chi connectivity index (χ1n) is 11.2. The molecule has 2 aromatic heterocycles. The van der Waals surface area contributed by atoms with Gasteiger partial charge in [-0.1, -0.05) is 6.07 Å². The number of ether oxygens (including phenoxy) is 1. The first-order chi connectivity index (χ1) is 15.7. The van der Waals surface area contributed by atoms with Crippen LogP contribution in [0.5, 0.6) is 0 Å². The Morgan fingerprint density at radius 3 is 2.97 bits per heavy atom. The van der Waals surface area contributed by atoms with Crippen LogP contribution in [0.2, 0.25) is 0 Å². The predicted octanol–water partition coefficient (Wildman–Crippen LogP) is 2.54. The van der Waals surface area contributed by atoms with Gasteiger partial charge in [0.05, 0.1) is 18.1 Å². The summed E-state index contributed by atoms with van der Waals surface area (Å²) in [6.45, 7) is 3.60. The minimum absolute atomic E-state index is 0.320. The number of nitrogens with one attached hydrogen (secondary N) is 2. The van der Waals surface area contributed by atoms with Gasteiger partial charge in [-0.25, -0.2) is 15.3 Å². The van der Waals surface area contributed by atoms with E-state index in [1.807, 2.05) is 12.3 Å². The fourth-order valence-corrected chi connectivity index (χ4v) is 3.90. The van der Waals surface area contributed by atoms with E-state index in [2.05, 4.69) is 36.7 Å². The molecule has 0 saturated carbocycles. The van der Waals surface area contributed by atoms with Gasteiger partial charge in [-0.3, -0.25) is 19.7 Å². The Labute approximate surface area is 188 Å². The fraction of sp³-hybridized carbons (Fsp3) is 0.478. The van der Waals surface area contributed by atoms with Gasteiger partial charge in [0.2, 0.25) is 0 Å². The fourth-order valence-electron chi connectivity index (χ4n) is 3.90. The molecule has 1 amide bonds. The maximum Gasteiger partial charge on any atom is 0.267 e. The number of hydroxylamine groups is 1. The summed E-state index contributed by atoms with van der Waals surface area (Å²) in [6, 6.07) is 4.40. The van der Waals surface area contributed by atoms with Crippen molar-refractivity contribution in [2.75, 3.05) is 25.0 Å². The number of carbonyl (C=O) groups excluding carboxylic acids is 1. The topological polar surface area (TPSA) is 102 Å². The van der Waals surface area contributed by atoms with Crippen LogP contribution in [0.4, 0.5) is 5.82 Å². The van der Waals surface area contributed by atoms with Crippen LogP contribution in [0.3, 0.4) is 0 Å². The smallest absolute Gasteiger partial charge is 0.267 e. The summed E-state index contributed by atoms with van der Waals surface area (Å²) in [5.41, 5.74) is 4.22. The van der Waals surface area contributed by atoms with Gasteiger partial charge in [-0.15, -0.1) is 0 Å². The molecule has 0 spiro atoms. The molecule has 2 atom stereocenters. The lowest BCUT2D eigenvalue weighted by Crippen LogP contribution is -2.41. The second-order valence-corrected chi connectivity index (χ2v) is 8.12. The number of aromatic nitrogens is 3. The van der Waals surface area contributed by atoms with Crippen LogP contribution in [0.15, 0.2) is 43.0 Å². The maximum atomic E-state index is 11.9. The van der Waals surface area contributed by atoms with E-state index in [9.17, 15) is 4.79 Å². The quantitative estimate of drug-likeness (QED) is 0.479. The van der Waals surface area contributed by atoms with E-state index in [-0.39, 0.29) is 12.2 Å². The van der Waals surface area contributed by atoms with Crippen molar-refractivity contribution in [3.8, 4) is 0 Å². The Morgan fingerprint density at radius 1 is 1.22 bits per heavy atom. The molecule has 2 fully saturated rings. The zero-order valence-electron chi connectivity index (χ0n) is 18.2. The van der Waals surface area contributed by atoms with Gasteiger partial charge >= 0.3 is 0 Å². The summed E-state index contributed by atoms with van der Waals surface area (Å²) in [7, 11) is 0. The number of carbonyl (C=O) groups is 1. The molecular formula is C23H30N6O3.